The number of fused-ring (bicyclic) bond motifs is 3. The maximum Gasteiger partial charge on any atom is 0.0675 e. The van der Waals surface area contributed by atoms with Crippen LogP contribution in [0, 0.1) is 0 Å². The van der Waals surface area contributed by atoms with E-state index in [9.17, 15) is 0 Å². The van der Waals surface area contributed by atoms with Crippen molar-refractivity contribution in [2.75, 3.05) is 6.54 Å². The number of likely N-dealkylation sites (N-methyl/N-ethyl adjacent to an activating group) is 1. The molecule has 1 aromatic carbocycles. The lowest BCUT2D eigenvalue weighted by Gasteiger charge is -2.33. The standard InChI is InChI=1S/C21H24ClN3/c1-3-24-14-18-17-5-4-6-19(22)21(17)25(20(18)13-15(24)2)12-9-16-7-10-23-11-8-16/h4-8,10-11,15H,3,9,12-14H2,1-2H3. The summed E-state index contributed by atoms with van der Waals surface area (Å²) in [5, 5.41) is 2.18. The average Bonchev–Trinajstić information content (AvgIpc) is 2.94. The third kappa shape index (κ3) is 2.96. The highest BCUT2D eigenvalue weighted by atomic mass is 35.5. The maximum absolute atomic E-state index is 6.63. The van der Waals surface area contributed by atoms with Crippen LogP contribution in [-0.2, 0) is 25.9 Å². The Morgan fingerprint density at radius 2 is 2.00 bits per heavy atom. The Bertz CT molecular complexity index is 885. The summed E-state index contributed by atoms with van der Waals surface area (Å²) in [5.41, 5.74) is 5.45. The Morgan fingerprint density at radius 3 is 2.76 bits per heavy atom. The van der Waals surface area contributed by atoms with Gasteiger partial charge < -0.3 is 4.57 Å². The van der Waals surface area contributed by atoms with Crippen LogP contribution >= 0.6 is 11.6 Å². The van der Waals surface area contributed by atoms with Crippen LogP contribution in [0.4, 0.5) is 0 Å². The van der Waals surface area contributed by atoms with Crippen LogP contribution in [0.25, 0.3) is 10.9 Å². The van der Waals surface area contributed by atoms with Crippen molar-refractivity contribution in [1.82, 2.24) is 14.5 Å². The Balaban J connectivity index is 1.79. The van der Waals surface area contributed by atoms with Gasteiger partial charge in [0.05, 0.1) is 10.5 Å². The second kappa shape index (κ2) is 6.81. The van der Waals surface area contributed by atoms with Gasteiger partial charge in [-0.15, -0.1) is 0 Å². The molecule has 2 aromatic heterocycles. The number of para-hydroxylation sites is 1. The van der Waals surface area contributed by atoms with Crippen LogP contribution in [0.15, 0.2) is 42.7 Å². The molecule has 3 heterocycles. The van der Waals surface area contributed by atoms with Crippen molar-refractivity contribution in [3.63, 3.8) is 0 Å². The first kappa shape index (κ1) is 16.6. The summed E-state index contributed by atoms with van der Waals surface area (Å²) >= 11 is 6.63. The molecule has 0 amide bonds. The van der Waals surface area contributed by atoms with E-state index in [0.29, 0.717) is 6.04 Å². The monoisotopic (exact) mass is 353 g/mol. The van der Waals surface area contributed by atoms with E-state index in [4.69, 9.17) is 11.6 Å². The van der Waals surface area contributed by atoms with Crippen LogP contribution in [0.3, 0.4) is 0 Å². The number of aryl methyl sites for hydroxylation is 2. The molecule has 1 aliphatic rings. The molecular formula is C21H24ClN3. The van der Waals surface area contributed by atoms with E-state index in [1.807, 2.05) is 18.5 Å². The fourth-order valence-electron chi connectivity index (χ4n) is 4.12. The molecule has 130 valence electrons. The van der Waals surface area contributed by atoms with Gasteiger partial charge in [0.25, 0.3) is 0 Å². The molecular weight excluding hydrogens is 330 g/mol. The molecule has 0 saturated heterocycles. The average molecular weight is 354 g/mol. The summed E-state index contributed by atoms with van der Waals surface area (Å²) in [4.78, 5) is 6.67. The Kier molecular flexibility index (Phi) is 4.53. The Hall–Kier alpha value is -1.84. The molecule has 0 fully saturated rings. The van der Waals surface area contributed by atoms with Crippen molar-refractivity contribution in [3.05, 3.63) is 64.6 Å². The molecule has 0 bridgehead atoms. The van der Waals surface area contributed by atoms with E-state index in [0.717, 1.165) is 37.5 Å². The van der Waals surface area contributed by atoms with Crippen molar-refractivity contribution in [2.45, 2.75) is 45.8 Å². The third-order valence-electron chi connectivity index (χ3n) is 5.51. The fourth-order valence-corrected chi connectivity index (χ4v) is 4.40. The van der Waals surface area contributed by atoms with Crippen molar-refractivity contribution < 1.29 is 0 Å². The molecule has 1 atom stereocenters. The van der Waals surface area contributed by atoms with Crippen LogP contribution in [0.1, 0.15) is 30.7 Å². The van der Waals surface area contributed by atoms with Gasteiger partial charge in [-0.25, -0.2) is 0 Å². The quantitative estimate of drug-likeness (QED) is 0.678. The number of nitrogens with zero attached hydrogens (tertiary/aromatic N) is 3. The molecule has 0 aliphatic carbocycles. The first-order chi connectivity index (χ1) is 12.2. The first-order valence-corrected chi connectivity index (χ1v) is 9.48. The Morgan fingerprint density at radius 1 is 1.20 bits per heavy atom. The number of pyridine rings is 1. The van der Waals surface area contributed by atoms with E-state index < -0.39 is 0 Å². The van der Waals surface area contributed by atoms with Crippen LogP contribution < -0.4 is 0 Å². The zero-order valence-corrected chi connectivity index (χ0v) is 15.6. The van der Waals surface area contributed by atoms with Gasteiger partial charge in [-0.05, 0) is 49.2 Å². The van der Waals surface area contributed by atoms with Crippen molar-refractivity contribution in [2.24, 2.45) is 0 Å². The molecule has 4 heteroatoms. The second-order valence-corrected chi connectivity index (χ2v) is 7.34. The largest absolute Gasteiger partial charge is 0.343 e. The summed E-state index contributed by atoms with van der Waals surface area (Å²) < 4.78 is 2.47. The fraction of sp³-hybridized carbons (Fsp3) is 0.381. The van der Waals surface area contributed by atoms with E-state index in [1.54, 1.807) is 0 Å². The zero-order valence-electron chi connectivity index (χ0n) is 14.9. The first-order valence-electron chi connectivity index (χ1n) is 9.10. The topological polar surface area (TPSA) is 21.1 Å². The summed E-state index contributed by atoms with van der Waals surface area (Å²) in [5.74, 6) is 0. The lowest BCUT2D eigenvalue weighted by atomic mass is 9.99. The van der Waals surface area contributed by atoms with E-state index in [1.165, 1.54) is 27.7 Å². The lowest BCUT2D eigenvalue weighted by Crippen LogP contribution is -2.38. The van der Waals surface area contributed by atoms with Crippen molar-refractivity contribution >= 4 is 22.5 Å². The number of benzene rings is 1. The van der Waals surface area contributed by atoms with E-state index in [-0.39, 0.29) is 0 Å². The molecule has 3 aromatic rings. The number of halogens is 1. The normalized spacial score (nSPS) is 17.8. The van der Waals surface area contributed by atoms with Crippen LogP contribution in [-0.4, -0.2) is 27.0 Å². The summed E-state index contributed by atoms with van der Waals surface area (Å²) in [6.45, 7) is 7.64. The summed E-state index contributed by atoms with van der Waals surface area (Å²) in [6.07, 6.45) is 5.82. The highest BCUT2D eigenvalue weighted by molar-refractivity contribution is 6.35. The SMILES string of the molecule is CCN1Cc2c(n(CCc3ccncc3)c3c(Cl)cccc23)CC1C. The van der Waals surface area contributed by atoms with Gasteiger partial charge in [0.2, 0.25) is 0 Å². The number of hydrogen-bond donors (Lipinski definition) is 0. The molecule has 0 spiro atoms. The molecule has 0 radical (unpaired) electrons. The molecule has 1 aliphatic heterocycles. The minimum absolute atomic E-state index is 0.570. The molecule has 25 heavy (non-hydrogen) atoms. The molecule has 4 rings (SSSR count). The van der Waals surface area contributed by atoms with Crippen LogP contribution in [0.2, 0.25) is 5.02 Å². The summed E-state index contributed by atoms with van der Waals surface area (Å²) in [6, 6.07) is 11.1. The number of aromatic nitrogens is 2. The van der Waals surface area contributed by atoms with Crippen molar-refractivity contribution in [3.8, 4) is 0 Å². The van der Waals surface area contributed by atoms with Gasteiger partial charge in [0, 0.05) is 49.0 Å². The van der Waals surface area contributed by atoms with Crippen LogP contribution in [0.5, 0.6) is 0 Å². The highest BCUT2D eigenvalue weighted by Gasteiger charge is 2.28. The minimum Gasteiger partial charge on any atom is -0.343 e. The number of rotatable bonds is 4. The maximum atomic E-state index is 6.63. The third-order valence-corrected chi connectivity index (χ3v) is 5.81. The van der Waals surface area contributed by atoms with Gasteiger partial charge in [-0.2, -0.15) is 0 Å². The zero-order chi connectivity index (χ0) is 17.4. The van der Waals surface area contributed by atoms with E-state index >= 15 is 0 Å². The van der Waals surface area contributed by atoms with Gasteiger partial charge in [0.15, 0.2) is 0 Å². The Labute approximate surface area is 154 Å². The lowest BCUT2D eigenvalue weighted by molar-refractivity contribution is 0.192. The predicted molar refractivity (Wildman–Crippen MR) is 104 cm³/mol. The van der Waals surface area contributed by atoms with Gasteiger partial charge in [-0.1, -0.05) is 30.7 Å². The molecule has 0 saturated carbocycles. The summed E-state index contributed by atoms with van der Waals surface area (Å²) in [7, 11) is 0. The minimum atomic E-state index is 0.570. The second-order valence-electron chi connectivity index (χ2n) is 6.93. The van der Waals surface area contributed by atoms with Gasteiger partial charge >= 0.3 is 0 Å². The molecule has 1 unspecified atom stereocenters. The number of hydrogen-bond acceptors (Lipinski definition) is 2. The van der Waals surface area contributed by atoms with Gasteiger partial charge in [-0.3, -0.25) is 9.88 Å². The van der Waals surface area contributed by atoms with Gasteiger partial charge in [0.1, 0.15) is 0 Å². The molecule has 3 nitrogen and oxygen atoms in total. The smallest absolute Gasteiger partial charge is 0.0675 e. The predicted octanol–water partition coefficient (Wildman–Crippen LogP) is 4.70. The van der Waals surface area contributed by atoms with Crippen molar-refractivity contribution in [1.29, 1.82) is 0 Å². The van der Waals surface area contributed by atoms with E-state index in [2.05, 4.69) is 52.6 Å². The molecule has 0 N–H and O–H groups in total. The highest BCUT2D eigenvalue weighted by Crippen LogP contribution is 2.36.